The minimum Gasteiger partial charge on any atom is -0.494 e. The van der Waals surface area contributed by atoms with Gasteiger partial charge in [-0.25, -0.2) is 0 Å². The van der Waals surface area contributed by atoms with E-state index in [0.29, 0.717) is 13.0 Å². The number of amides is 1. The SMILES string of the molecule is CCNC(C)(CCCOc1cc(C)cc(C)c1)C(N)=O. The average Bonchev–Trinajstić information content (AvgIpc) is 2.33. The minimum atomic E-state index is -0.652. The molecule has 1 rings (SSSR count). The van der Waals surface area contributed by atoms with Gasteiger partial charge < -0.3 is 15.8 Å². The van der Waals surface area contributed by atoms with Gasteiger partial charge in [0.1, 0.15) is 5.75 Å². The summed E-state index contributed by atoms with van der Waals surface area (Å²) in [6, 6.07) is 6.15. The van der Waals surface area contributed by atoms with E-state index in [0.717, 1.165) is 18.7 Å². The van der Waals surface area contributed by atoms with E-state index in [9.17, 15) is 4.79 Å². The summed E-state index contributed by atoms with van der Waals surface area (Å²) in [5.41, 5.74) is 7.17. The molecule has 1 amide bonds. The lowest BCUT2D eigenvalue weighted by Crippen LogP contribution is -2.53. The fourth-order valence-electron chi connectivity index (χ4n) is 2.32. The zero-order valence-electron chi connectivity index (χ0n) is 13.0. The number of carbonyl (C=O) groups is 1. The number of hydrogen-bond donors (Lipinski definition) is 2. The molecule has 0 saturated carbocycles. The molecule has 0 aliphatic rings. The second kappa shape index (κ2) is 7.29. The Morgan fingerprint density at radius 1 is 1.30 bits per heavy atom. The lowest BCUT2D eigenvalue weighted by molar-refractivity contribution is -0.124. The molecule has 0 heterocycles. The van der Waals surface area contributed by atoms with Crippen molar-refractivity contribution in [3.8, 4) is 5.75 Å². The number of likely N-dealkylation sites (N-methyl/N-ethyl adjacent to an activating group) is 1. The van der Waals surface area contributed by atoms with Crippen molar-refractivity contribution in [2.24, 2.45) is 5.73 Å². The van der Waals surface area contributed by atoms with Crippen LogP contribution in [-0.4, -0.2) is 24.6 Å². The summed E-state index contributed by atoms with van der Waals surface area (Å²) < 4.78 is 5.74. The maximum Gasteiger partial charge on any atom is 0.237 e. The van der Waals surface area contributed by atoms with Crippen LogP contribution in [0, 0.1) is 13.8 Å². The summed E-state index contributed by atoms with van der Waals surface area (Å²) in [5, 5.41) is 3.15. The molecule has 0 aliphatic carbocycles. The molecule has 112 valence electrons. The van der Waals surface area contributed by atoms with Crippen molar-refractivity contribution < 1.29 is 9.53 Å². The third kappa shape index (κ3) is 4.85. The van der Waals surface area contributed by atoms with Crippen LogP contribution in [0.15, 0.2) is 18.2 Å². The molecule has 0 aliphatic heterocycles. The van der Waals surface area contributed by atoms with E-state index in [2.05, 4.69) is 25.2 Å². The van der Waals surface area contributed by atoms with Crippen LogP contribution in [0.3, 0.4) is 0 Å². The third-order valence-electron chi connectivity index (χ3n) is 3.40. The molecule has 0 fully saturated rings. The van der Waals surface area contributed by atoms with Gasteiger partial charge in [0.15, 0.2) is 0 Å². The van der Waals surface area contributed by atoms with Gasteiger partial charge in [0, 0.05) is 0 Å². The van der Waals surface area contributed by atoms with E-state index in [1.54, 1.807) is 0 Å². The number of nitrogens with one attached hydrogen (secondary N) is 1. The number of hydrogen-bond acceptors (Lipinski definition) is 3. The maximum absolute atomic E-state index is 11.5. The summed E-state index contributed by atoms with van der Waals surface area (Å²) in [4.78, 5) is 11.5. The van der Waals surface area contributed by atoms with Crippen molar-refractivity contribution in [3.05, 3.63) is 29.3 Å². The van der Waals surface area contributed by atoms with Crippen molar-refractivity contribution in [1.82, 2.24) is 5.32 Å². The molecule has 0 radical (unpaired) electrons. The number of aryl methyl sites for hydroxylation is 2. The number of primary amides is 1. The fraction of sp³-hybridized carbons (Fsp3) is 0.562. The van der Waals surface area contributed by atoms with Crippen LogP contribution < -0.4 is 15.8 Å². The van der Waals surface area contributed by atoms with Crippen molar-refractivity contribution in [2.45, 2.75) is 46.1 Å². The quantitative estimate of drug-likeness (QED) is 0.717. The van der Waals surface area contributed by atoms with Crippen LogP contribution in [0.1, 0.15) is 37.8 Å². The molecule has 0 spiro atoms. The van der Waals surface area contributed by atoms with Crippen molar-refractivity contribution in [2.75, 3.05) is 13.2 Å². The van der Waals surface area contributed by atoms with Crippen molar-refractivity contribution in [3.63, 3.8) is 0 Å². The van der Waals surface area contributed by atoms with Gasteiger partial charge in [0.2, 0.25) is 5.91 Å². The first-order chi connectivity index (χ1) is 9.37. The van der Waals surface area contributed by atoms with Crippen LogP contribution in [0.4, 0.5) is 0 Å². The van der Waals surface area contributed by atoms with Gasteiger partial charge >= 0.3 is 0 Å². The second-order valence-corrected chi connectivity index (χ2v) is 5.50. The Balaban J connectivity index is 2.46. The Morgan fingerprint density at radius 2 is 1.90 bits per heavy atom. The zero-order chi connectivity index (χ0) is 15.2. The number of carbonyl (C=O) groups excluding carboxylic acids is 1. The molecule has 4 heteroatoms. The Hall–Kier alpha value is -1.55. The number of benzene rings is 1. The largest absolute Gasteiger partial charge is 0.494 e. The fourth-order valence-corrected chi connectivity index (χ4v) is 2.32. The van der Waals surface area contributed by atoms with Crippen LogP contribution in [0.2, 0.25) is 0 Å². The van der Waals surface area contributed by atoms with E-state index in [1.165, 1.54) is 11.1 Å². The minimum absolute atomic E-state index is 0.314. The number of nitrogens with two attached hydrogens (primary N) is 1. The lowest BCUT2D eigenvalue weighted by Gasteiger charge is -2.26. The van der Waals surface area contributed by atoms with E-state index in [-0.39, 0.29) is 5.91 Å². The molecule has 1 atom stereocenters. The van der Waals surface area contributed by atoms with Gasteiger partial charge in [-0.2, -0.15) is 0 Å². The van der Waals surface area contributed by atoms with Gasteiger partial charge in [-0.15, -0.1) is 0 Å². The zero-order valence-corrected chi connectivity index (χ0v) is 13.0. The summed E-state index contributed by atoms with van der Waals surface area (Å²) in [6.45, 7) is 9.21. The highest BCUT2D eigenvalue weighted by Gasteiger charge is 2.29. The molecular weight excluding hydrogens is 252 g/mol. The molecule has 3 N–H and O–H groups in total. The van der Waals surface area contributed by atoms with Crippen molar-refractivity contribution in [1.29, 1.82) is 0 Å². The molecule has 0 bridgehead atoms. The molecule has 1 aromatic carbocycles. The van der Waals surface area contributed by atoms with Gasteiger partial charge in [-0.05, 0) is 63.4 Å². The van der Waals surface area contributed by atoms with Crippen LogP contribution in [0.5, 0.6) is 5.75 Å². The lowest BCUT2D eigenvalue weighted by atomic mass is 9.95. The normalized spacial score (nSPS) is 13.8. The topological polar surface area (TPSA) is 64.3 Å². The first kappa shape index (κ1) is 16.5. The monoisotopic (exact) mass is 278 g/mol. The molecule has 20 heavy (non-hydrogen) atoms. The average molecular weight is 278 g/mol. The van der Waals surface area contributed by atoms with E-state index < -0.39 is 5.54 Å². The first-order valence-electron chi connectivity index (χ1n) is 7.13. The summed E-state index contributed by atoms with van der Waals surface area (Å²) in [6.07, 6.45) is 1.44. The number of ether oxygens (including phenoxy) is 1. The standard InChI is InChI=1S/C16H26N2O2/c1-5-18-16(4,15(17)19)7-6-8-20-14-10-12(2)9-13(3)11-14/h9-11,18H,5-8H2,1-4H3,(H2,17,19). The predicted molar refractivity (Wildman–Crippen MR) is 81.9 cm³/mol. The Kier molecular flexibility index (Phi) is 6.02. The Labute approximate surface area is 121 Å². The van der Waals surface area contributed by atoms with Gasteiger partial charge in [0.25, 0.3) is 0 Å². The molecule has 1 unspecified atom stereocenters. The molecule has 4 nitrogen and oxygen atoms in total. The van der Waals surface area contributed by atoms with Crippen LogP contribution in [0.25, 0.3) is 0 Å². The van der Waals surface area contributed by atoms with Crippen LogP contribution >= 0.6 is 0 Å². The van der Waals surface area contributed by atoms with E-state index >= 15 is 0 Å². The van der Waals surface area contributed by atoms with E-state index in [1.807, 2.05) is 26.0 Å². The summed E-state index contributed by atoms with van der Waals surface area (Å²) >= 11 is 0. The Bertz CT molecular complexity index is 440. The highest BCUT2D eigenvalue weighted by Crippen LogP contribution is 2.17. The third-order valence-corrected chi connectivity index (χ3v) is 3.40. The smallest absolute Gasteiger partial charge is 0.237 e. The summed E-state index contributed by atoms with van der Waals surface area (Å²) in [7, 11) is 0. The second-order valence-electron chi connectivity index (χ2n) is 5.50. The first-order valence-corrected chi connectivity index (χ1v) is 7.13. The van der Waals surface area contributed by atoms with E-state index in [4.69, 9.17) is 10.5 Å². The van der Waals surface area contributed by atoms with Gasteiger partial charge in [-0.3, -0.25) is 4.79 Å². The predicted octanol–water partition coefficient (Wildman–Crippen LogP) is 2.32. The molecule has 0 saturated heterocycles. The van der Waals surface area contributed by atoms with Crippen LogP contribution in [-0.2, 0) is 4.79 Å². The number of rotatable bonds is 8. The highest BCUT2D eigenvalue weighted by molar-refractivity contribution is 5.84. The Morgan fingerprint density at radius 3 is 2.40 bits per heavy atom. The molecule has 0 aromatic heterocycles. The van der Waals surface area contributed by atoms with Gasteiger partial charge in [0.05, 0.1) is 12.1 Å². The maximum atomic E-state index is 11.5. The highest BCUT2D eigenvalue weighted by atomic mass is 16.5. The molecular formula is C16H26N2O2. The molecule has 1 aromatic rings. The van der Waals surface area contributed by atoms with Gasteiger partial charge in [-0.1, -0.05) is 13.0 Å². The summed E-state index contributed by atoms with van der Waals surface area (Å²) in [5.74, 6) is 0.567. The van der Waals surface area contributed by atoms with Crippen molar-refractivity contribution >= 4 is 5.91 Å².